The molecular weight excluding hydrogens is 402 g/mol. The summed E-state index contributed by atoms with van der Waals surface area (Å²) in [6, 6.07) is 18.6. The SMILES string of the molecule is C=c1[nH]c2[nH]c(=O)c(=Cc3sc(Cc4ccccc4)cc3C)c=2cc1-c1ccncc1. The largest absolute Gasteiger partial charge is 0.341 e. The van der Waals surface area contributed by atoms with Crippen molar-refractivity contribution in [3.8, 4) is 11.1 Å². The number of thiophene rings is 1. The van der Waals surface area contributed by atoms with Gasteiger partial charge in [-0.3, -0.25) is 9.78 Å². The van der Waals surface area contributed by atoms with Crippen LogP contribution in [0.5, 0.6) is 0 Å². The lowest BCUT2D eigenvalue weighted by Crippen LogP contribution is -2.22. The minimum atomic E-state index is -0.102. The summed E-state index contributed by atoms with van der Waals surface area (Å²) in [4.78, 5) is 25.5. The number of aromatic amines is 2. The quantitative estimate of drug-likeness (QED) is 0.463. The van der Waals surface area contributed by atoms with Crippen LogP contribution in [0.15, 0.2) is 71.8 Å². The van der Waals surface area contributed by atoms with Gasteiger partial charge >= 0.3 is 0 Å². The lowest BCUT2D eigenvalue weighted by Gasteiger charge is -2.02. The van der Waals surface area contributed by atoms with Crippen LogP contribution < -0.4 is 16.1 Å². The average molecular weight is 424 g/mol. The molecule has 0 saturated heterocycles. The first-order valence-corrected chi connectivity index (χ1v) is 10.9. The van der Waals surface area contributed by atoms with Gasteiger partial charge in [0.05, 0.1) is 5.22 Å². The van der Waals surface area contributed by atoms with E-state index in [1.165, 1.54) is 16.0 Å². The monoisotopic (exact) mass is 423 g/mol. The summed E-state index contributed by atoms with van der Waals surface area (Å²) in [6.45, 7) is 6.22. The predicted molar refractivity (Wildman–Crippen MR) is 127 cm³/mol. The zero-order valence-electron chi connectivity index (χ0n) is 17.1. The first kappa shape index (κ1) is 19.3. The van der Waals surface area contributed by atoms with Crippen molar-refractivity contribution in [2.75, 3.05) is 0 Å². The summed E-state index contributed by atoms with van der Waals surface area (Å²) in [6.07, 6.45) is 6.41. The molecule has 2 N–H and O–H groups in total. The first-order chi connectivity index (χ1) is 15.1. The highest BCUT2D eigenvalue weighted by Gasteiger charge is 2.08. The normalized spacial score (nSPS) is 12.0. The Bertz CT molecular complexity index is 1600. The van der Waals surface area contributed by atoms with Gasteiger partial charge < -0.3 is 9.97 Å². The summed E-state index contributed by atoms with van der Waals surface area (Å²) in [5, 5.41) is 2.28. The van der Waals surface area contributed by atoms with E-state index in [9.17, 15) is 4.79 Å². The van der Waals surface area contributed by atoms with E-state index in [2.05, 4.69) is 58.8 Å². The number of nitrogens with zero attached hydrogens (tertiary/aromatic N) is 1. The third kappa shape index (κ3) is 3.76. The summed E-state index contributed by atoms with van der Waals surface area (Å²) < 4.78 is 0. The van der Waals surface area contributed by atoms with E-state index in [1.807, 2.05) is 30.3 Å². The molecule has 0 aliphatic carbocycles. The second-order valence-corrected chi connectivity index (χ2v) is 8.79. The van der Waals surface area contributed by atoms with E-state index in [4.69, 9.17) is 0 Å². The zero-order chi connectivity index (χ0) is 21.4. The van der Waals surface area contributed by atoms with Crippen molar-refractivity contribution in [3.63, 3.8) is 0 Å². The molecule has 152 valence electrons. The molecule has 2 aliphatic heterocycles. The molecule has 4 nitrogen and oxygen atoms in total. The van der Waals surface area contributed by atoms with Gasteiger partial charge in [0.2, 0.25) is 0 Å². The number of benzene rings is 1. The Morgan fingerprint density at radius 1 is 1.06 bits per heavy atom. The highest BCUT2D eigenvalue weighted by molar-refractivity contribution is 7.13. The van der Waals surface area contributed by atoms with Gasteiger partial charge in [0.1, 0.15) is 5.48 Å². The minimum absolute atomic E-state index is 0.102. The van der Waals surface area contributed by atoms with Gasteiger partial charge in [-0.1, -0.05) is 36.9 Å². The van der Waals surface area contributed by atoms with Gasteiger partial charge in [-0.25, -0.2) is 0 Å². The summed E-state index contributed by atoms with van der Waals surface area (Å²) in [5.74, 6) is 0. The number of H-pyrrole nitrogens is 2. The van der Waals surface area contributed by atoms with Gasteiger partial charge in [0, 0.05) is 44.7 Å². The maximum Gasteiger partial charge on any atom is 0.257 e. The van der Waals surface area contributed by atoms with Crippen LogP contribution in [0.1, 0.15) is 20.9 Å². The number of pyridine rings is 1. The topological polar surface area (TPSA) is 61.5 Å². The van der Waals surface area contributed by atoms with Crippen LogP contribution in [0.2, 0.25) is 0 Å². The molecule has 0 amide bonds. The number of hydrogen-bond acceptors (Lipinski definition) is 3. The van der Waals surface area contributed by atoms with E-state index in [0.29, 0.717) is 10.7 Å². The fraction of sp³-hybridized carbons (Fsp3) is 0.0769. The van der Waals surface area contributed by atoms with Crippen LogP contribution in [0.4, 0.5) is 0 Å². The van der Waals surface area contributed by atoms with Gasteiger partial charge in [0.15, 0.2) is 0 Å². The lowest BCUT2D eigenvalue weighted by atomic mass is 10.1. The standard InChI is InChI=1S/C26H21N3OS/c1-16-12-20(13-18-6-4-3-5-7-18)31-24(16)15-23-22-14-21(19-8-10-27-11-9-19)17(2)28-25(22)29-26(23)30/h3-12,14-15,28H,2,13H2,1H3,(H,29,30). The maximum absolute atomic E-state index is 12.8. The fourth-order valence-electron chi connectivity index (χ4n) is 3.86. The second-order valence-electron chi connectivity index (χ2n) is 7.62. The van der Waals surface area contributed by atoms with Crippen molar-refractivity contribution in [2.45, 2.75) is 13.3 Å². The molecule has 2 aromatic heterocycles. The van der Waals surface area contributed by atoms with E-state index in [1.54, 1.807) is 23.7 Å². The molecule has 0 saturated carbocycles. The Morgan fingerprint density at radius 3 is 2.61 bits per heavy atom. The Hall–Kier alpha value is -3.70. The molecule has 0 fully saturated rings. The second kappa shape index (κ2) is 7.85. The molecular formula is C26H21N3OS. The molecule has 0 unspecified atom stereocenters. The Labute approximate surface area is 182 Å². The number of aromatic nitrogens is 3. The molecule has 1 aromatic carbocycles. The molecule has 5 heteroatoms. The Kier molecular flexibility index (Phi) is 4.88. The van der Waals surface area contributed by atoms with Crippen molar-refractivity contribution in [3.05, 3.63) is 119 Å². The van der Waals surface area contributed by atoms with Crippen LogP contribution in [0, 0.1) is 17.6 Å². The van der Waals surface area contributed by atoms with Crippen LogP contribution >= 0.6 is 11.3 Å². The van der Waals surface area contributed by atoms with Crippen molar-refractivity contribution < 1.29 is 0 Å². The van der Waals surface area contributed by atoms with Gasteiger partial charge in [-0.05, 0) is 54.0 Å². The fourth-order valence-corrected chi connectivity index (χ4v) is 5.01. The third-order valence-corrected chi connectivity index (χ3v) is 6.61. The molecule has 4 heterocycles. The minimum Gasteiger partial charge on any atom is -0.341 e. The van der Waals surface area contributed by atoms with E-state index in [-0.39, 0.29) is 5.56 Å². The first-order valence-electron chi connectivity index (χ1n) is 10.1. The van der Waals surface area contributed by atoms with Crippen LogP contribution in [-0.4, -0.2) is 15.0 Å². The highest BCUT2D eigenvalue weighted by Crippen LogP contribution is 2.25. The molecule has 0 radical (unpaired) electrons. The molecule has 3 aromatic rings. The number of hydrogen-bond donors (Lipinski definition) is 2. The molecule has 31 heavy (non-hydrogen) atoms. The number of nitrogens with one attached hydrogen (secondary N) is 2. The maximum atomic E-state index is 12.8. The van der Waals surface area contributed by atoms with Crippen molar-refractivity contribution in [1.29, 1.82) is 0 Å². The summed E-state index contributed by atoms with van der Waals surface area (Å²) in [7, 11) is 0. The van der Waals surface area contributed by atoms with E-state index < -0.39 is 0 Å². The molecule has 2 aliphatic rings. The number of rotatable bonds is 4. The van der Waals surface area contributed by atoms with Crippen LogP contribution in [-0.2, 0) is 6.42 Å². The van der Waals surface area contributed by atoms with Crippen molar-refractivity contribution in [2.24, 2.45) is 0 Å². The molecule has 0 bridgehead atoms. The van der Waals surface area contributed by atoms with Crippen LogP contribution in [0.3, 0.4) is 0 Å². The number of aryl methyl sites for hydroxylation is 1. The zero-order valence-corrected chi connectivity index (χ0v) is 17.9. The Balaban J connectivity index is 1.64. The predicted octanol–water partition coefficient (Wildman–Crippen LogP) is 3.69. The Morgan fingerprint density at radius 2 is 1.84 bits per heavy atom. The van der Waals surface area contributed by atoms with Gasteiger partial charge in [-0.2, -0.15) is 0 Å². The van der Waals surface area contributed by atoms with Gasteiger partial charge in [-0.15, -0.1) is 11.3 Å². The van der Waals surface area contributed by atoms with E-state index in [0.717, 1.165) is 33.0 Å². The molecule has 0 atom stereocenters. The highest BCUT2D eigenvalue weighted by atomic mass is 32.1. The third-order valence-electron chi connectivity index (χ3n) is 5.43. The lowest BCUT2D eigenvalue weighted by molar-refractivity contribution is 1.08. The summed E-state index contributed by atoms with van der Waals surface area (Å²) >= 11 is 1.73. The van der Waals surface area contributed by atoms with Crippen molar-refractivity contribution >= 4 is 24.0 Å². The molecule has 5 rings (SSSR count). The van der Waals surface area contributed by atoms with E-state index >= 15 is 0 Å². The smallest absolute Gasteiger partial charge is 0.257 e. The molecule has 0 spiro atoms. The summed E-state index contributed by atoms with van der Waals surface area (Å²) in [5.41, 5.74) is 5.02. The average Bonchev–Trinajstić information content (AvgIpc) is 3.27. The van der Waals surface area contributed by atoms with Gasteiger partial charge in [0.25, 0.3) is 5.56 Å². The van der Waals surface area contributed by atoms with Crippen LogP contribution in [0.25, 0.3) is 23.8 Å². The van der Waals surface area contributed by atoms with Crippen molar-refractivity contribution in [1.82, 2.24) is 15.0 Å².